The third-order valence-electron chi connectivity index (χ3n) is 2.49. The Balaban J connectivity index is 2.61. The zero-order valence-corrected chi connectivity index (χ0v) is 11.9. The van der Waals surface area contributed by atoms with E-state index in [1.165, 1.54) is 0 Å². The van der Waals surface area contributed by atoms with E-state index in [1.54, 1.807) is 19.1 Å². The van der Waals surface area contributed by atoms with Gasteiger partial charge in [-0.1, -0.05) is 0 Å². The molecule has 0 aliphatic rings. The van der Waals surface area contributed by atoms with Crippen molar-refractivity contribution in [2.45, 2.75) is 6.92 Å². The zero-order chi connectivity index (χ0) is 12.8. The number of amides is 1. The monoisotopic (exact) mass is 300 g/mol. The molecule has 1 aromatic rings. The van der Waals surface area contributed by atoms with E-state index < -0.39 is 0 Å². The van der Waals surface area contributed by atoms with Crippen LogP contribution in [0.5, 0.6) is 5.75 Å². The maximum atomic E-state index is 11.6. The van der Waals surface area contributed by atoms with Crippen LogP contribution in [0.2, 0.25) is 0 Å². The Bertz CT molecular complexity index is 396. The molecule has 0 atom stereocenters. The molecule has 0 bridgehead atoms. The first-order valence-electron chi connectivity index (χ1n) is 5.39. The van der Waals surface area contributed by atoms with Crippen LogP contribution < -0.4 is 10.1 Å². The highest BCUT2D eigenvalue weighted by Gasteiger charge is 2.07. The molecule has 17 heavy (non-hydrogen) atoms. The summed E-state index contributed by atoms with van der Waals surface area (Å²) in [5, 5.41) is 3.07. The van der Waals surface area contributed by atoms with Gasteiger partial charge in [0.1, 0.15) is 5.75 Å². The van der Waals surface area contributed by atoms with Gasteiger partial charge in [0.05, 0.1) is 18.1 Å². The van der Waals surface area contributed by atoms with E-state index >= 15 is 0 Å². The predicted molar refractivity (Wildman–Crippen MR) is 72.5 cm³/mol. The minimum Gasteiger partial charge on any atom is -0.495 e. The molecule has 1 amide bonds. The fraction of sp³-hybridized carbons (Fsp3) is 0.417. The van der Waals surface area contributed by atoms with Crippen molar-refractivity contribution in [2.75, 3.05) is 32.6 Å². The molecule has 0 aliphatic carbocycles. The number of hydrogen-bond acceptors (Lipinski definition) is 3. The van der Waals surface area contributed by atoms with Gasteiger partial charge in [-0.2, -0.15) is 0 Å². The summed E-state index contributed by atoms with van der Waals surface area (Å²) >= 11 is 3.38. The smallest absolute Gasteiger partial charge is 0.241 e. The zero-order valence-electron chi connectivity index (χ0n) is 10.3. The van der Waals surface area contributed by atoms with Crippen molar-refractivity contribution in [3.8, 4) is 5.75 Å². The molecule has 1 N–H and O–H groups in total. The topological polar surface area (TPSA) is 41.6 Å². The second kappa shape index (κ2) is 6.49. The number of hydrogen-bond donors (Lipinski definition) is 1. The first kappa shape index (κ1) is 13.8. The molecule has 1 aromatic carbocycles. The summed E-state index contributed by atoms with van der Waals surface area (Å²) in [7, 11) is 3.39. The largest absolute Gasteiger partial charge is 0.495 e. The summed E-state index contributed by atoms with van der Waals surface area (Å²) < 4.78 is 6.07. The third-order valence-corrected chi connectivity index (χ3v) is 3.15. The predicted octanol–water partition coefficient (Wildman–Crippen LogP) is 2.35. The van der Waals surface area contributed by atoms with E-state index in [1.807, 2.05) is 25.1 Å². The maximum absolute atomic E-state index is 11.6. The van der Waals surface area contributed by atoms with Gasteiger partial charge in [-0.15, -0.1) is 0 Å². The highest BCUT2D eigenvalue weighted by atomic mass is 79.9. The van der Waals surface area contributed by atoms with E-state index in [0.29, 0.717) is 6.54 Å². The highest BCUT2D eigenvalue weighted by molar-refractivity contribution is 9.10. The number of carbonyl (C=O) groups excluding carboxylic acids is 1. The normalized spacial score (nSPS) is 9.88. The van der Waals surface area contributed by atoms with Crippen molar-refractivity contribution < 1.29 is 9.53 Å². The summed E-state index contributed by atoms with van der Waals surface area (Å²) in [4.78, 5) is 13.3. The van der Waals surface area contributed by atoms with Crippen molar-refractivity contribution in [1.29, 1.82) is 0 Å². The SMILES string of the molecule is CCN(C)C(=O)CNc1ccc(Br)c(OC)c1. The van der Waals surface area contributed by atoms with E-state index in [2.05, 4.69) is 21.2 Å². The standard InChI is InChI=1S/C12H17BrN2O2/c1-4-15(2)12(16)8-14-9-5-6-10(13)11(7-9)17-3/h5-7,14H,4,8H2,1-3H3. The number of nitrogens with one attached hydrogen (secondary N) is 1. The highest BCUT2D eigenvalue weighted by Crippen LogP contribution is 2.27. The Labute approximate surface area is 110 Å². The van der Waals surface area contributed by atoms with Gasteiger partial charge in [0, 0.05) is 25.3 Å². The fourth-order valence-electron chi connectivity index (χ4n) is 1.26. The van der Waals surface area contributed by atoms with Crippen molar-refractivity contribution in [3.63, 3.8) is 0 Å². The average molecular weight is 301 g/mol. The molecule has 0 saturated heterocycles. The molecule has 1 rings (SSSR count). The minimum atomic E-state index is 0.0642. The van der Waals surface area contributed by atoms with Crippen LogP contribution in [-0.4, -0.2) is 38.1 Å². The summed E-state index contributed by atoms with van der Waals surface area (Å²) in [5.41, 5.74) is 0.864. The first-order chi connectivity index (χ1) is 8.08. The van der Waals surface area contributed by atoms with E-state index in [-0.39, 0.29) is 12.5 Å². The lowest BCUT2D eigenvalue weighted by molar-refractivity contribution is -0.127. The number of rotatable bonds is 5. The fourth-order valence-corrected chi connectivity index (χ4v) is 1.67. The van der Waals surface area contributed by atoms with Gasteiger partial charge in [-0.3, -0.25) is 4.79 Å². The van der Waals surface area contributed by atoms with Crippen LogP contribution in [0.15, 0.2) is 22.7 Å². The number of nitrogens with zero attached hydrogens (tertiary/aromatic N) is 1. The molecular weight excluding hydrogens is 284 g/mol. The minimum absolute atomic E-state index is 0.0642. The number of benzene rings is 1. The number of likely N-dealkylation sites (N-methyl/N-ethyl adjacent to an activating group) is 1. The summed E-state index contributed by atoms with van der Waals surface area (Å²) in [5.74, 6) is 0.806. The van der Waals surface area contributed by atoms with Crippen molar-refractivity contribution in [1.82, 2.24) is 4.90 Å². The molecular formula is C12H17BrN2O2. The van der Waals surface area contributed by atoms with Crippen LogP contribution >= 0.6 is 15.9 Å². The van der Waals surface area contributed by atoms with E-state index in [9.17, 15) is 4.79 Å². The second-order valence-corrected chi connectivity index (χ2v) is 4.47. The van der Waals surface area contributed by atoms with Crippen LogP contribution in [0.25, 0.3) is 0 Å². The molecule has 0 spiro atoms. The van der Waals surface area contributed by atoms with Crippen molar-refractivity contribution in [2.24, 2.45) is 0 Å². The molecule has 0 unspecified atom stereocenters. The summed E-state index contributed by atoms with van der Waals surface area (Å²) in [6.07, 6.45) is 0. The van der Waals surface area contributed by atoms with Gasteiger partial charge in [-0.25, -0.2) is 0 Å². The van der Waals surface area contributed by atoms with E-state index in [4.69, 9.17) is 4.74 Å². The lowest BCUT2D eigenvalue weighted by Gasteiger charge is -2.15. The van der Waals surface area contributed by atoms with E-state index in [0.717, 1.165) is 15.9 Å². The first-order valence-corrected chi connectivity index (χ1v) is 6.19. The molecule has 0 saturated carbocycles. The maximum Gasteiger partial charge on any atom is 0.241 e. The van der Waals surface area contributed by atoms with Gasteiger partial charge in [0.15, 0.2) is 0 Å². The Morgan fingerprint density at radius 3 is 2.82 bits per heavy atom. The second-order valence-electron chi connectivity index (χ2n) is 3.61. The van der Waals surface area contributed by atoms with Crippen LogP contribution in [0.4, 0.5) is 5.69 Å². The van der Waals surface area contributed by atoms with Crippen LogP contribution in [-0.2, 0) is 4.79 Å². The Morgan fingerprint density at radius 1 is 1.53 bits per heavy atom. The van der Waals surface area contributed by atoms with Crippen molar-refractivity contribution in [3.05, 3.63) is 22.7 Å². The average Bonchev–Trinajstić information content (AvgIpc) is 2.36. The number of methoxy groups -OCH3 is 1. The van der Waals surface area contributed by atoms with Crippen LogP contribution in [0.3, 0.4) is 0 Å². The quantitative estimate of drug-likeness (QED) is 0.907. The number of halogens is 1. The molecule has 5 heteroatoms. The molecule has 0 heterocycles. The third kappa shape index (κ3) is 3.93. The lowest BCUT2D eigenvalue weighted by atomic mass is 10.3. The number of ether oxygens (including phenoxy) is 1. The Kier molecular flexibility index (Phi) is 5.28. The molecule has 0 fully saturated rings. The molecule has 0 aliphatic heterocycles. The van der Waals surface area contributed by atoms with Gasteiger partial charge in [0.25, 0.3) is 0 Å². The molecule has 0 aromatic heterocycles. The summed E-state index contributed by atoms with van der Waals surface area (Å²) in [6.45, 7) is 2.94. The van der Waals surface area contributed by atoms with Crippen LogP contribution in [0, 0.1) is 0 Å². The molecule has 0 radical (unpaired) electrons. The number of anilines is 1. The Hall–Kier alpha value is -1.23. The van der Waals surface area contributed by atoms with Gasteiger partial charge in [-0.05, 0) is 35.0 Å². The van der Waals surface area contributed by atoms with Gasteiger partial charge >= 0.3 is 0 Å². The van der Waals surface area contributed by atoms with Gasteiger partial charge < -0.3 is 15.0 Å². The number of carbonyl (C=O) groups is 1. The van der Waals surface area contributed by atoms with Gasteiger partial charge in [0.2, 0.25) is 5.91 Å². The summed E-state index contributed by atoms with van der Waals surface area (Å²) in [6, 6.07) is 5.63. The lowest BCUT2D eigenvalue weighted by Crippen LogP contribution is -2.31. The van der Waals surface area contributed by atoms with Crippen LogP contribution in [0.1, 0.15) is 6.92 Å². The Morgan fingerprint density at radius 2 is 2.24 bits per heavy atom. The molecule has 94 valence electrons. The molecule has 4 nitrogen and oxygen atoms in total. The van der Waals surface area contributed by atoms with Crippen molar-refractivity contribution >= 4 is 27.5 Å².